The van der Waals surface area contributed by atoms with E-state index < -0.39 is 0 Å². The molecule has 4 heteroatoms. The van der Waals surface area contributed by atoms with Gasteiger partial charge in [-0.1, -0.05) is 6.07 Å². The third kappa shape index (κ3) is 6.47. The molecule has 1 rings (SSSR count). The Bertz CT molecular complexity index is 331. The Hall–Kier alpha value is -1.26. The Morgan fingerprint density at radius 1 is 1.22 bits per heavy atom. The molecule has 0 aliphatic rings. The normalized spacial score (nSPS) is 10.8. The lowest BCUT2D eigenvalue weighted by molar-refractivity contribution is 0.120. The number of hydrogen-bond donors (Lipinski definition) is 1. The van der Waals surface area contributed by atoms with Crippen molar-refractivity contribution in [2.75, 3.05) is 45.7 Å². The minimum Gasteiger partial charge on any atom is -0.493 e. The minimum atomic E-state index is 0.711. The number of anilines is 1. The van der Waals surface area contributed by atoms with E-state index in [-0.39, 0.29) is 0 Å². The van der Waals surface area contributed by atoms with E-state index in [1.165, 1.54) is 0 Å². The molecule has 0 aliphatic carbocycles. The Kier molecular flexibility index (Phi) is 7.22. The molecule has 0 saturated carbocycles. The van der Waals surface area contributed by atoms with Gasteiger partial charge in [-0.3, -0.25) is 0 Å². The standard InChI is InChI=1S/C14H24N2O2/c1-3-17-11-9-16(2)8-5-10-18-14-7-4-6-13(15)12-14/h4,6-7,12H,3,5,8-11,15H2,1-2H3. The average Bonchev–Trinajstić information content (AvgIpc) is 2.35. The van der Waals surface area contributed by atoms with Crippen molar-refractivity contribution in [2.45, 2.75) is 13.3 Å². The lowest BCUT2D eigenvalue weighted by Gasteiger charge is -2.16. The molecule has 18 heavy (non-hydrogen) atoms. The molecule has 0 spiro atoms. The second kappa shape index (κ2) is 8.78. The van der Waals surface area contributed by atoms with Crippen LogP contribution in [0.15, 0.2) is 24.3 Å². The Labute approximate surface area is 110 Å². The van der Waals surface area contributed by atoms with Crippen LogP contribution in [-0.2, 0) is 4.74 Å². The van der Waals surface area contributed by atoms with Gasteiger partial charge in [0.15, 0.2) is 0 Å². The molecular formula is C14H24N2O2. The van der Waals surface area contributed by atoms with Crippen LogP contribution in [0, 0.1) is 0 Å². The fourth-order valence-corrected chi connectivity index (χ4v) is 1.61. The van der Waals surface area contributed by atoms with Crippen molar-refractivity contribution in [1.29, 1.82) is 0 Å². The first-order valence-electron chi connectivity index (χ1n) is 6.47. The van der Waals surface area contributed by atoms with Crippen LogP contribution in [0.3, 0.4) is 0 Å². The van der Waals surface area contributed by atoms with Gasteiger partial charge < -0.3 is 20.1 Å². The van der Waals surface area contributed by atoms with Crippen molar-refractivity contribution in [3.63, 3.8) is 0 Å². The molecule has 2 N–H and O–H groups in total. The molecule has 4 nitrogen and oxygen atoms in total. The highest BCUT2D eigenvalue weighted by Gasteiger charge is 1.99. The molecule has 0 bridgehead atoms. The van der Waals surface area contributed by atoms with Gasteiger partial charge in [-0.2, -0.15) is 0 Å². The maximum atomic E-state index is 5.68. The molecular weight excluding hydrogens is 228 g/mol. The van der Waals surface area contributed by atoms with E-state index in [1.807, 2.05) is 31.2 Å². The number of nitrogen functional groups attached to an aromatic ring is 1. The molecule has 0 unspecified atom stereocenters. The number of benzene rings is 1. The van der Waals surface area contributed by atoms with Gasteiger partial charge in [0, 0.05) is 31.5 Å². The zero-order valence-electron chi connectivity index (χ0n) is 11.4. The molecule has 0 amide bonds. The molecule has 0 atom stereocenters. The van der Waals surface area contributed by atoms with Crippen molar-refractivity contribution < 1.29 is 9.47 Å². The third-order valence-corrected chi connectivity index (χ3v) is 2.63. The molecule has 0 radical (unpaired) electrons. The lowest BCUT2D eigenvalue weighted by Crippen LogP contribution is -2.25. The number of rotatable bonds is 9. The zero-order valence-corrected chi connectivity index (χ0v) is 11.4. The molecule has 0 fully saturated rings. The summed E-state index contributed by atoms with van der Waals surface area (Å²) in [6.07, 6.45) is 0.997. The first-order valence-corrected chi connectivity index (χ1v) is 6.47. The quantitative estimate of drug-likeness (QED) is 0.539. The van der Waals surface area contributed by atoms with Gasteiger partial charge in [0.25, 0.3) is 0 Å². The van der Waals surface area contributed by atoms with Gasteiger partial charge in [-0.25, -0.2) is 0 Å². The second-order valence-electron chi connectivity index (χ2n) is 4.27. The van der Waals surface area contributed by atoms with Crippen LogP contribution in [0.5, 0.6) is 5.75 Å². The molecule has 1 aromatic rings. The predicted molar refractivity (Wildman–Crippen MR) is 75.0 cm³/mol. The van der Waals surface area contributed by atoms with Crippen LogP contribution in [0.4, 0.5) is 5.69 Å². The van der Waals surface area contributed by atoms with Gasteiger partial charge >= 0.3 is 0 Å². The summed E-state index contributed by atoms with van der Waals surface area (Å²) in [5, 5.41) is 0. The van der Waals surface area contributed by atoms with Crippen LogP contribution >= 0.6 is 0 Å². The molecule has 0 aromatic heterocycles. The van der Waals surface area contributed by atoms with Crippen molar-refractivity contribution in [1.82, 2.24) is 4.90 Å². The Morgan fingerprint density at radius 3 is 2.78 bits per heavy atom. The average molecular weight is 252 g/mol. The van der Waals surface area contributed by atoms with Crippen molar-refractivity contribution in [3.05, 3.63) is 24.3 Å². The minimum absolute atomic E-state index is 0.711. The van der Waals surface area contributed by atoms with Crippen LogP contribution < -0.4 is 10.5 Å². The van der Waals surface area contributed by atoms with E-state index in [0.717, 1.165) is 44.2 Å². The second-order valence-corrected chi connectivity index (χ2v) is 4.27. The van der Waals surface area contributed by atoms with Crippen LogP contribution in [0.2, 0.25) is 0 Å². The number of hydrogen-bond acceptors (Lipinski definition) is 4. The largest absolute Gasteiger partial charge is 0.493 e. The maximum absolute atomic E-state index is 5.68. The molecule has 0 saturated heterocycles. The highest BCUT2D eigenvalue weighted by Crippen LogP contribution is 2.14. The molecule has 102 valence electrons. The van der Waals surface area contributed by atoms with E-state index in [0.29, 0.717) is 6.61 Å². The summed E-state index contributed by atoms with van der Waals surface area (Å²) in [5.41, 5.74) is 6.41. The van der Waals surface area contributed by atoms with Crippen LogP contribution in [0.1, 0.15) is 13.3 Å². The highest BCUT2D eigenvalue weighted by molar-refractivity contribution is 5.43. The predicted octanol–water partition coefficient (Wildman–Crippen LogP) is 2.01. The summed E-state index contributed by atoms with van der Waals surface area (Å²) in [7, 11) is 2.10. The third-order valence-electron chi connectivity index (χ3n) is 2.63. The SMILES string of the molecule is CCOCCN(C)CCCOc1cccc(N)c1. The number of nitrogens with zero attached hydrogens (tertiary/aromatic N) is 1. The van der Waals surface area contributed by atoms with Crippen molar-refractivity contribution in [3.8, 4) is 5.75 Å². The fraction of sp³-hybridized carbons (Fsp3) is 0.571. The Balaban J connectivity index is 2.07. The summed E-state index contributed by atoms with van der Waals surface area (Å²) >= 11 is 0. The number of nitrogens with two attached hydrogens (primary N) is 1. The summed E-state index contributed by atoms with van der Waals surface area (Å²) in [6.45, 7) is 6.28. The van der Waals surface area contributed by atoms with Gasteiger partial charge in [0.05, 0.1) is 13.2 Å². The highest BCUT2D eigenvalue weighted by atomic mass is 16.5. The van der Waals surface area contributed by atoms with E-state index in [2.05, 4.69) is 11.9 Å². The topological polar surface area (TPSA) is 47.7 Å². The van der Waals surface area contributed by atoms with Gasteiger partial charge in [-0.15, -0.1) is 0 Å². The van der Waals surface area contributed by atoms with E-state index in [9.17, 15) is 0 Å². The summed E-state index contributed by atoms with van der Waals surface area (Å²) in [4.78, 5) is 2.25. The summed E-state index contributed by atoms with van der Waals surface area (Å²) in [5.74, 6) is 0.840. The first-order chi connectivity index (χ1) is 8.72. The van der Waals surface area contributed by atoms with Crippen LogP contribution in [0.25, 0.3) is 0 Å². The van der Waals surface area contributed by atoms with E-state index in [4.69, 9.17) is 15.2 Å². The smallest absolute Gasteiger partial charge is 0.121 e. The van der Waals surface area contributed by atoms with Gasteiger partial charge in [0.2, 0.25) is 0 Å². The van der Waals surface area contributed by atoms with Crippen LogP contribution in [-0.4, -0.2) is 44.9 Å². The number of ether oxygens (including phenoxy) is 2. The first kappa shape index (κ1) is 14.8. The molecule has 0 heterocycles. The number of likely N-dealkylation sites (N-methyl/N-ethyl adjacent to an activating group) is 1. The molecule has 0 aliphatic heterocycles. The van der Waals surface area contributed by atoms with E-state index >= 15 is 0 Å². The molecule has 1 aromatic carbocycles. The van der Waals surface area contributed by atoms with Crippen molar-refractivity contribution >= 4 is 5.69 Å². The summed E-state index contributed by atoms with van der Waals surface area (Å²) < 4.78 is 10.9. The Morgan fingerprint density at radius 2 is 2.06 bits per heavy atom. The lowest BCUT2D eigenvalue weighted by atomic mass is 10.3. The summed E-state index contributed by atoms with van der Waals surface area (Å²) in [6, 6.07) is 7.53. The maximum Gasteiger partial charge on any atom is 0.121 e. The fourth-order valence-electron chi connectivity index (χ4n) is 1.61. The van der Waals surface area contributed by atoms with Crippen molar-refractivity contribution in [2.24, 2.45) is 0 Å². The zero-order chi connectivity index (χ0) is 13.2. The van der Waals surface area contributed by atoms with Gasteiger partial charge in [0.1, 0.15) is 5.75 Å². The van der Waals surface area contributed by atoms with Gasteiger partial charge in [-0.05, 0) is 32.5 Å². The van der Waals surface area contributed by atoms with E-state index in [1.54, 1.807) is 0 Å². The monoisotopic (exact) mass is 252 g/mol.